The lowest BCUT2D eigenvalue weighted by Crippen LogP contribution is -2.18. The first-order valence-electron chi connectivity index (χ1n) is 4.75. The van der Waals surface area contributed by atoms with Crippen molar-refractivity contribution in [3.8, 4) is 0 Å². The summed E-state index contributed by atoms with van der Waals surface area (Å²) in [7, 11) is 1.31. The lowest BCUT2D eigenvalue weighted by molar-refractivity contribution is -0.143. The highest BCUT2D eigenvalue weighted by molar-refractivity contribution is 5.82. The number of hydrogen-bond acceptors (Lipinski definition) is 5. The van der Waals surface area contributed by atoms with Gasteiger partial charge in [0.05, 0.1) is 20.1 Å². The molecule has 0 aromatic heterocycles. The zero-order chi connectivity index (χ0) is 11.7. The first kappa shape index (κ1) is 13.5. The molecule has 0 aliphatic rings. The number of nitrogens with one attached hydrogen (secondary N) is 1. The first-order chi connectivity index (χ1) is 7.10. The Balaban J connectivity index is 3.72. The molecule has 0 heterocycles. The number of allylic oxidation sites excluding steroid dienone is 1. The van der Waals surface area contributed by atoms with E-state index in [4.69, 9.17) is 4.74 Å². The van der Waals surface area contributed by atoms with Gasteiger partial charge in [0.15, 0.2) is 0 Å². The van der Waals surface area contributed by atoms with Crippen molar-refractivity contribution in [2.45, 2.75) is 20.3 Å². The van der Waals surface area contributed by atoms with E-state index in [2.05, 4.69) is 10.1 Å². The second kappa shape index (κ2) is 7.84. The van der Waals surface area contributed by atoms with E-state index >= 15 is 0 Å². The molecule has 0 aliphatic carbocycles. The molecule has 5 heteroatoms. The summed E-state index contributed by atoms with van der Waals surface area (Å²) in [6, 6.07) is 0. The van der Waals surface area contributed by atoms with E-state index in [1.165, 1.54) is 13.2 Å². The van der Waals surface area contributed by atoms with Gasteiger partial charge in [-0.15, -0.1) is 0 Å². The number of methoxy groups -OCH3 is 1. The van der Waals surface area contributed by atoms with Crippen molar-refractivity contribution in [2.24, 2.45) is 0 Å². The van der Waals surface area contributed by atoms with Crippen LogP contribution < -0.4 is 5.32 Å². The van der Waals surface area contributed by atoms with E-state index in [1.54, 1.807) is 13.8 Å². The Morgan fingerprint density at radius 1 is 1.40 bits per heavy atom. The molecule has 0 rings (SSSR count). The predicted octanol–water partition coefficient (Wildman–Crippen LogP) is 0.606. The zero-order valence-corrected chi connectivity index (χ0v) is 9.33. The van der Waals surface area contributed by atoms with Crippen molar-refractivity contribution >= 4 is 11.9 Å². The summed E-state index contributed by atoms with van der Waals surface area (Å²) in [6.07, 6.45) is 1.60. The average molecular weight is 215 g/mol. The maximum Gasteiger partial charge on any atom is 0.332 e. The molecule has 0 atom stereocenters. The van der Waals surface area contributed by atoms with Crippen LogP contribution in [0.5, 0.6) is 0 Å². The topological polar surface area (TPSA) is 64.6 Å². The van der Waals surface area contributed by atoms with Gasteiger partial charge in [-0.2, -0.15) is 0 Å². The molecule has 0 spiro atoms. The molecule has 0 radical (unpaired) electrons. The van der Waals surface area contributed by atoms with E-state index in [0.717, 1.165) is 0 Å². The largest absolute Gasteiger partial charge is 0.466 e. The molecular formula is C10H17NO4. The molecule has 0 saturated carbocycles. The first-order valence-corrected chi connectivity index (χ1v) is 4.75. The van der Waals surface area contributed by atoms with E-state index < -0.39 is 5.97 Å². The minimum atomic E-state index is -0.420. The smallest absolute Gasteiger partial charge is 0.332 e. The molecule has 86 valence electrons. The van der Waals surface area contributed by atoms with Crippen molar-refractivity contribution in [3.05, 3.63) is 11.8 Å². The van der Waals surface area contributed by atoms with Crippen LogP contribution in [0, 0.1) is 0 Å². The molecule has 0 bridgehead atoms. The van der Waals surface area contributed by atoms with Gasteiger partial charge in [0.25, 0.3) is 0 Å². The summed E-state index contributed by atoms with van der Waals surface area (Å²) in [6.45, 7) is 4.31. The van der Waals surface area contributed by atoms with Gasteiger partial charge in [0.1, 0.15) is 0 Å². The molecule has 1 N–H and O–H groups in total. The second-order valence-corrected chi connectivity index (χ2v) is 2.83. The maximum absolute atomic E-state index is 10.9. The van der Waals surface area contributed by atoms with Crippen LogP contribution in [0.25, 0.3) is 0 Å². The summed E-state index contributed by atoms with van der Waals surface area (Å²) in [4.78, 5) is 21.7. The van der Waals surface area contributed by atoms with Crippen LogP contribution in [-0.4, -0.2) is 32.2 Å². The van der Waals surface area contributed by atoms with Crippen LogP contribution in [0.3, 0.4) is 0 Å². The van der Waals surface area contributed by atoms with Crippen LogP contribution in [0.4, 0.5) is 0 Å². The quantitative estimate of drug-likeness (QED) is 0.519. The number of hydrogen-bond donors (Lipinski definition) is 1. The van der Waals surface area contributed by atoms with Gasteiger partial charge in [-0.05, 0) is 13.8 Å². The van der Waals surface area contributed by atoms with E-state index in [9.17, 15) is 9.59 Å². The van der Waals surface area contributed by atoms with Gasteiger partial charge in [-0.3, -0.25) is 4.79 Å². The molecule has 0 unspecified atom stereocenters. The van der Waals surface area contributed by atoms with Gasteiger partial charge in [0, 0.05) is 18.3 Å². The van der Waals surface area contributed by atoms with Crippen LogP contribution in [0.1, 0.15) is 20.3 Å². The van der Waals surface area contributed by atoms with E-state index in [1.807, 2.05) is 0 Å². The summed E-state index contributed by atoms with van der Waals surface area (Å²) < 4.78 is 9.18. The van der Waals surface area contributed by atoms with Crippen molar-refractivity contribution in [1.29, 1.82) is 0 Å². The van der Waals surface area contributed by atoms with Gasteiger partial charge < -0.3 is 14.8 Å². The fourth-order valence-electron chi connectivity index (χ4n) is 0.882. The van der Waals surface area contributed by atoms with Crippen LogP contribution in [0.15, 0.2) is 11.8 Å². The normalized spacial score (nSPS) is 10.7. The molecular weight excluding hydrogens is 198 g/mol. The SMILES string of the molecule is CCOC(=O)CCNC(C)=CC(=O)OC. The van der Waals surface area contributed by atoms with Crippen molar-refractivity contribution in [3.63, 3.8) is 0 Å². The molecule has 0 aromatic rings. The molecule has 0 amide bonds. The number of carbonyl (C=O) groups excluding carboxylic acids is 2. The van der Waals surface area contributed by atoms with Gasteiger partial charge >= 0.3 is 11.9 Å². The average Bonchev–Trinajstić information content (AvgIpc) is 2.18. The second-order valence-electron chi connectivity index (χ2n) is 2.83. The van der Waals surface area contributed by atoms with Gasteiger partial charge in [-0.25, -0.2) is 4.79 Å². The summed E-state index contributed by atoms with van der Waals surface area (Å²) in [5.41, 5.74) is 0.658. The molecule has 0 aliphatic heterocycles. The van der Waals surface area contributed by atoms with E-state index in [-0.39, 0.29) is 12.4 Å². The standard InChI is InChI=1S/C10H17NO4/c1-4-15-9(12)5-6-11-8(2)7-10(13)14-3/h7,11H,4-6H2,1-3H3. The summed E-state index contributed by atoms with van der Waals surface area (Å²) in [5.74, 6) is -0.674. The van der Waals surface area contributed by atoms with Crippen LogP contribution in [0.2, 0.25) is 0 Å². The summed E-state index contributed by atoms with van der Waals surface area (Å²) in [5, 5.41) is 2.90. The Labute approximate surface area is 89.4 Å². The minimum Gasteiger partial charge on any atom is -0.466 e. The molecule has 5 nitrogen and oxygen atoms in total. The highest BCUT2D eigenvalue weighted by Gasteiger charge is 2.01. The molecule has 0 fully saturated rings. The number of ether oxygens (including phenoxy) is 2. The van der Waals surface area contributed by atoms with Crippen molar-refractivity contribution in [2.75, 3.05) is 20.3 Å². The number of esters is 2. The fourth-order valence-corrected chi connectivity index (χ4v) is 0.882. The Hall–Kier alpha value is -1.52. The number of carbonyl (C=O) groups is 2. The lowest BCUT2D eigenvalue weighted by atomic mass is 10.4. The third-order valence-corrected chi connectivity index (χ3v) is 1.57. The Morgan fingerprint density at radius 3 is 2.60 bits per heavy atom. The Bertz CT molecular complexity index is 248. The third kappa shape index (κ3) is 7.54. The van der Waals surface area contributed by atoms with Gasteiger partial charge in [-0.1, -0.05) is 0 Å². The Kier molecular flexibility index (Phi) is 7.05. The lowest BCUT2D eigenvalue weighted by Gasteiger charge is -2.05. The zero-order valence-electron chi connectivity index (χ0n) is 9.33. The van der Waals surface area contributed by atoms with Crippen molar-refractivity contribution in [1.82, 2.24) is 5.32 Å². The third-order valence-electron chi connectivity index (χ3n) is 1.57. The predicted molar refractivity (Wildman–Crippen MR) is 55.0 cm³/mol. The van der Waals surface area contributed by atoms with E-state index in [0.29, 0.717) is 18.8 Å². The Morgan fingerprint density at radius 2 is 2.07 bits per heavy atom. The molecule has 0 aromatic carbocycles. The van der Waals surface area contributed by atoms with Crippen molar-refractivity contribution < 1.29 is 19.1 Å². The molecule has 0 saturated heterocycles. The monoisotopic (exact) mass is 215 g/mol. The maximum atomic E-state index is 10.9. The van der Waals surface area contributed by atoms with Crippen LogP contribution >= 0.6 is 0 Å². The van der Waals surface area contributed by atoms with Crippen LogP contribution in [-0.2, 0) is 19.1 Å². The highest BCUT2D eigenvalue weighted by atomic mass is 16.5. The highest BCUT2D eigenvalue weighted by Crippen LogP contribution is 1.90. The number of rotatable bonds is 6. The minimum absolute atomic E-state index is 0.254. The fraction of sp³-hybridized carbons (Fsp3) is 0.600. The van der Waals surface area contributed by atoms with Gasteiger partial charge in [0.2, 0.25) is 0 Å². The molecule has 15 heavy (non-hydrogen) atoms. The summed E-state index contributed by atoms with van der Waals surface area (Å²) >= 11 is 0.